The Bertz CT molecular complexity index is 1050. The van der Waals surface area contributed by atoms with Gasteiger partial charge in [0, 0.05) is 37.3 Å². The Morgan fingerprint density at radius 3 is 2.88 bits per heavy atom. The minimum Gasteiger partial charge on any atom is -0.340 e. The van der Waals surface area contributed by atoms with Crippen molar-refractivity contribution in [1.82, 2.24) is 19.0 Å². The molecule has 6 heteroatoms. The topological polar surface area (TPSA) is 60.1 Å². The lowest BCUT2D eigenvalue weighted by Gasteiger charge is -2.42. The van der Waals surface area contributed by atoms with Crippen molar-refractivity contribution in [2.75, 3.05) is 13.1 Å². The third-order valence-electron chi connectivity index (χ3n) is 5.67. The monoisotopic (exact) mass is 348 g/mol. The lowest BCUT2D eigenvalue weighted by molar-refractivity contribution is -0.134. The van der Waals surface area contributed by atoms with E-state index in [0.29, 0.717) is 25.6 Å². The van der Waals surface area contributed by atoms with Crippen molar-refractivity contribution in [3.05, 3.63) is 64.8 Å². The largest absolute Gasteiger partial charge is 0.340 e. The van der Waals surface area contributed by atoms with Crippen LogP contribution in [0, 0.1) is 5.92 Å². The van der Waals surface area contributed by atoms with Gasteiger partial charge in [0.15, 0.2) is 0 Å². The summed E-state index contributed by atoms with van der Waals surface area (Å²) in [6.07, 6.45) is 2.80. The third-order valence-corrected chi connectivity index (χ3v) is 5.67. The molecule has 1 saturated heterocycles. The maximum atomic E-state index is 12.9. The molecule has 2 bridgehead atoms. The highest BCUT2D eigenvalue weighted by Gasteiger charge is 2.36. The highest BCUT2D eigenvalue weighted by molar-refractivity contribution is 5.80. The van der Waals surface area contributed by atoms with E-state index in [2.05, 4.69) is 4.98 Å². The number of aromatic nitrogens is 3. The quantitative estimate of drug-likeness (QED) is 0.710. The smallest absolute Gasteiger partial charge is 0.250 e. The average molecular weight is 348 g/mol. The number of rotatable bonds is 2. The zero-order chi connectivity index (χ0) is 17.7. The van der Waals surface area contributed by atoms with Crippen molar-refractivity contribution in [2.24, 2.45) is 5.92 Å². The minimum atomic E-state index is 0.0712. The molecule has 0 saturated carbocycles. The number of imidazole rings is 1. The van der Waals surface area contributed by atoms with Crippen LogP contribution in [0.2, 0.25) is 0 Å². The second-order valence-corrected chi connectivity index (χ2v) is 7.36. The Kier molecular flexibility index (Phi) is 3.45. The summed E-state index contributed by atoms with van der Waals surface area (Å²) in [5.41, 5.74) is 3.03. The highest BCUT2D eigenvalue weighted by atomic mass is 16.2. The van der Waals surface area contributed by atoms with Gasteiger partial charge in [0.25, 0.3) is 5.56 Å². The fourth-order valence-corrected chi connectivity index (χ4v) is 4.48. The number of piperidine rings is 1. The molecule has 0 N–H and O–H groups in total. The van der Waals surface area contributed by atoms with E-state index in [1.807, 2.05) is 50.4 Å². The number of nitrogens with zero attached hydrogens (tertiary/aromatic N) is 4. The highest BCUT2D eigenvalue weighted by Crippen LogP contribution is 2.35. The van der Waals surface area contributed by atoms with Crippen LogP contribution in [0.4, 0.5) is 0 Å². The molecule has 0 radical (unpaired) electrons. The number of pyridine rings is 1. The van der Waals surface area contributed by atoms with Crippen LogP contribution in [0.5, 0.6) is 0 Å². The average Bonchev–Trinajstić information content (AvgIpc) is 3.05. The molecule has 132 valence electrons. The molecule has 0 unspecified atom stereocenters. The van der Waals surface area contributed by atoms with E-state index in [9.17, 15) is 9.59 Å². The van der Waals surface area contributed by atoms with Crippen LogP contribution in [-0.2, 0) is 17.9 Å². The standard InChI is InChI=1S/C20H20N4O2/c25-19-7-3-6-17-15-8-14(10-24(17)19)9-22(11-15)20(26)12-23-13-21-16-4-1-2-5-18(16)23/h1-7,13-15H,8-12H2/t14-,15-/m0/s1. The lowest BCUT2D eigenvalue weighted by atomic mass is 9.83. The van der Waals surface area contributed by atoms with E-state index >= 15 is 0 Å². The molecule has 3 aromatic rings. The van der Waals surface area contributed by atoms with Gasteiger partial charge in [-0.2, -0.15) is 0 Å². The number of carbonyl (C=O) groups is 1. The van der Waals surface area contributed by atoms with E-state index < -0.39 is 0 Å². The van der Waals surface area contributed by atoms with E-state index in [1.165, 1.54) is 0 Å². The van der Waals surface area contributed by atoms with Crippen molar-refractivity contribution in [3.63, 3.8) is 0 Å². The van der Waals surface area contributed by atoms with Crippen LogP contribution in [-0.4, -0.2) is 38.0 Å². The van der Waals surface area contributed by atoms with Crippen LogP contribution >= 0.6 is 0 Å². The second kappa shape index (κ2) is 5.83. The van der Waals surface area contributed by atoms with E-state index in [-0.39, 0.29) is 17.4 Å². The van der Waals surface area contributed by atoms with Gasteiger partial charge >= 0.3 is 0 Å². The van der Waals surface area contributed by atoms with Gasteiger partial charge in [-0.15, -0.1) is 0 Å². The molecule has 2 aliphatic heterocycles. The van der Waals surface area contributed by atoms with Crippen LogP contribution in [0.3, 0.4) is 0 Å². The molecule has 26 heavy (non-hydrogen) atoms. The van der Waals surface area contributed by atoms with Crippen LogP contribution in [0.25, 0.3) is 11.0 Å². The Morgan fingerprint density at radius 1 is 1.08 bits per heavy atom. The summed E-state index contributed by atoms with van der Waals surface area (Å²) in [4.78, 5) is 31.4. The molecule has 2 aromatic heterocycles. The summed E-state index contributed by atoms with van der Waals surface area (Å²) in [6.45, 7) is 2.43. The fourth-order valence-electron chi connectivity index (χ4n) is 4.48. The summed E-state index contributed by atoms with van der Waals surface area (Å²) in [6, 6.07) is 13.3. The molecular weight excluding hydrogens is 328 g/mol. The van der Waals surface area contributed by atoms with Gasteiger partial charge in [-0.25, -0.2) is 4.98 Å². The van der Waals surface area contributed by atoms with E-state index in [4.69, 9.17) is 0 Å². The number of hydrogen-bond donors (Lipinski definition) is 0. The number of hydrogen-bond acceptors (Lipinski definition) is 3. The van der Waals surface area contributed by atoms with Gasteiger partial charge in [-0.3, -0.25) is 9.59 Å². The molecule has 0 spiro atoms. The molecule has 1 amide bonds. The van der Waals surface area contributed by atoms with Gasteiger partial charge in [-0.1, -0.05) is 18.2 Å². The molecule has 4 heterocycles. The predicted molar refractivity (Wildman–Crippen MR) is 97.9 cm³/mol. The number of fused-ring (bicyclic) bond motifs is 5. The summed E-state index contributed by atoms with van der Waals surface area (Å²) in [5, 5.41) is 0. The van der Waals surface area contributed by atoms with E-state index in [1.54, 1.807) is 12.4 Å². The van der Waals surface area contributed by atoms with Crippen molar-refractivity contribution < 1.29 is 4.79 Å². The van der Waals surface area contributed by atoms with Crippen molar-refractivity contribution in [1.29, 1.82) is 0 Å². The Balaban J connectivity index is 1.39. The number of amides is 1. The SMILES string of the molecule is O=C(Cn1cnc2ccccc21)N1C[C@@H]2C[C@@H](C1)c1cccc(=O)n1C2. The van der Waals surface area contributed by atoms with Crippen molar-refractivity contribution in [3.8, 4) is 0 Å². The van der Waals surface area contributed by atoms with Gasteiger partial charge in [-0.05, 0) is 30.5 Å². The maximum Gasteiger partial charge on any atom is 0.250 e. The van der Waals surface area contributed by atoms with Crippen LogP contribution in [0.15, 0.2) is 53.6 Å². The predicted octanol–water partition coefficient (Wildman–Crippen LogP) is 1.84. The van der Waals surface area contributed by atoms with Crippen LogP contribution < -0.4 is 5.56 Å². The minimum absolute atomic E-state index is 0.0712. The normalized spacial score (nSPS) is 21.6. The number of carbonyl (C=O) groups excluding carboxylic acids is 1. The Labute approximate surface area is 150 Å². The first-order valence-electron chi connectivity index (χ1n) is 9.06. The molecular formula is C20H20N4O2. The zero-order valence-corrected chi connectivity index (χ0v) is 14.4. The molecule has 1 aromatic carbocycles. The molecule has 2 aliphatic rings. The third kappa shape index (κ3) is 2.44. The summed E-state index contributed by atoms with van der Waals surface area (Å²) < 4.78 is 3.81. The first-order chi connectivity index (χ1) is 12.7. The maximum absolute atomic E-state index is 12.9. The summed E-state index contributed by atoms with van der Waals surface area (Å²) in [7, 11) is 0. The summed E-state index contributed by atoms with van der Waals surface area (Å²) >= 11 is 0. The number of likely N-dealkylation sites (tertiary alicyclic amines) is 1. The fraction of sp³-hybridized carbons (Fsp3) is 0.350. The number of para-hydroxylation sites is 2. The molecule has 6 nitrogen and oxygen atoms in total. The molecule has 2 atom stereocenters. The van der Waals surface area contributed by atoms with Crippen LogP contribution in [0.1, 0.15) is 18.0 Å². The first kappa shape index (κ1) is 15.4. The Morgan fingerprint density at radius 2 is 1.96 bits per heavy atom. The van der Waals surface area contributed by atoms with Gasteiger partial charge in [0.1, 0.15) is 6.54 Å². The first-order valence-corrected chi connectivity index (χ1v) is 9.06. The number of benzene rings is 1. The second-order valence-electron chi connectivity index (χ2n) is 7.36. The molecule has 1 fully saturated rings. The molecule has 0 aliphatic carbocycles. The summed E-state index contributed by atoms with van der Waals surface area (Å²) in [5.74, 6) is 0.722. The van der Waals surface area contributed by atoms with Gasteiger partial charge in [0.05, 0.1) is 17.4 Å². The van der Waals surface area contributed by atoms with Crippen molar-refractivity contribution >= 4 is 16.9 Å². The van der Waals surface area contributed by atoms with E-state index in [0.717, 1.165) is 29.7 Å². The molecule has 5 rings (SSSR count). The van der Waals surface area contributed by atoms with Gasteiger partial charge in [0.2, 0.25) is 5.91 Å². The lowest BCUT2D eigenvalue weighted by Crippen LogP contribution is -2.49. The zero-order valence-electron chi connectivity index (χ0n) is 14.4. The van der Waals surface area contributed by atoms with Gasteiger partial charge < -0.3 is 14.0 Å². The Hall–Kier alpha value is -2.89. The van der Waals surface area contributed by atoms with Crippen molar-refractivity contribution in [2.45, 2.75) is 25.4 Å².